The molecule has 1 aliphatic rings. The molecule has 184 valence electrons. The highest BCUT2D eigenvalue weighted by Gasteiger charge is 2.30. The molecular formula is C25H29F3N2O3S. The van der Waals surface area contributed by atoms with Crippen molar-refractivity contribution >= 4 is 26.5 Å². The number of aryl methyl sites for hydroxylation is 1. The Bertz CT molecular complexity index is 1220. The molecule has 1 aliphatic heterocycles. The Morgan fingerprint density at radius 1 is 1.09 bits per heavy atom. The van der Waals surface area contributed by atoms with Crippen molar-refractivity contribution in [3.8, 4) is 0 Å². The lowest BCUT2D eigenvalue weighted by Crippen LogP contribution is -2.28. The van der Waals surface area contributed by atoms with Crippen LogP contribution in [0.4, 0.5) is 13.2 Å². The van der Waals surface area contributed by atoms with E-state index in [-0.39, 0.29) is 0 Å². The van der Waals surface area contributed by atoms with Gasteiger partial charge in [-0.1, -0.05) is 42.8 Å². The number of hydrogen-bond acceptors (Lipinski definition) is 4. The number of pyridine rings is 1. The van der Waals surface area contributed by atoms with Crippen molar-refractivity contribution in [1.29, 1.82) is 0 Å². The fourth-order valence-electron chi connectivity index (χ4n) is 3.36. The molecule has 2 heterocycles. The van der Waals surface area contributed by atoms with Gasteiger partial charge in [0.25, 0.3) is 10.1 Å². The predicted molar refractivity (Wildman–Crippen MR) is 130 cm³/mol. The molecule has 1 aromatic heterocycles. The molecule has 0 spiro atoms. The summed E-state index contributed by atoms with van der Waals surface area (Å²) in [4.78, 5) is 6.32. The second-order valence-corrected chi connectivity index (χ2v) is 9.38. The highest BCUT2D eigenvalue weighted by Crippen LogP contribution is 2.32. The molecule has 0 amide bonds. The maximum absolute atomic E-state index is 12.6. The average molecular weight is 495 g/mol. The van der Waals surface area contributed by atoms with Crippen molar-refractivity contribution in [2.24, 2.45) is 0 Å². The Hall–Kier alpha value is -2.75. The van der Waals surface area contributed by atoms with Gasteiger partial charge >= 0.3 is 6.18 Å². The van der Waals surface area contributed by atoms with Gasteiger partial charge in [0.05, 0.1) is 11.8 Å². The summed E-state index contributed by atoms with van der Waals surface area (Å²) < 4.78 is 63.7. The number of hydrogen-bond donors (Lipinski definition) is 1. The molecule has 0 unspecified atom stereocenters. The van der Waals surface area contributed by atoms with Crippen molar-refractivity contribution in [3.63, 3.8) is 0 Å². The molecule has 4 rings (SSSR count). The van der Waals surface area contributed by atoms with E-state index >= 15 is 0 Å². The van der Waals surface area contributed by atoms with E-state index in [1.54, 1.807) is 6.07 Å². The number of alkyl halides is 3. The number of nitrogens with zero attached hydrogens (tertiary/aromatic N) is 2. The van der Waals surface area contributed by atoms with Gasteiger partial charge in [-0.05, 0) is 60.7 Å². The zero-order valence-corrected chi connectivity index (χ0v) is 20.2. The number of halogens is 3. The molecule has 34 heavy (non-hydrogen) atoms. The van der Waals surface area contributed by atoms with Gasteiger partial charge in [-0.15, -0.1) is 0 Å². The van der Waals surface area contributed by atoms with Crippen molar-refractivity contribution in [2.45, 2.75) is 26.4 Å². The maximum Gasteiger partial charge on any atom is 0.416 e. The van der Waals surface area contributed by atoms with E-state index in [0.29, 0.717) is 11.8 Å². The van der Waals surface area contributed by atoms with Crippen molar-refractivity contribution in [1.82, 2.24) is 9.88 Å². The summed E-state index contributed by atoms with van der Waals surface area (Å²) in [6.07, 6.45) is 3.01. The smallest absolute Gasteiger partial charge is 0.300 e. The molecular weight excluding hydrogens is 465 g/mol. The first-order valence-electron chi connectivity index (χ1n) is 10.7. The molecule has 1 N–H and O–H groups in total. The molecule has 0 fully saturated rings. The summed E-state index contributed by atoms with van der Waals surface area (Å²) in [6.45, 7) is 6.89. The molecule has 0 saturated heterocycles. The van der Waals surface area contributed by atoms with E-state index in [9.17, 15) is 21.6 Å². The molecule has 0 radical (unpaired) electrons. The van der Waals surface area contributed by atoms with Crippen LogP contribution < -0.4 is 0 Å². The second kappa shape index (κ2) is 12.1. The summed E-state index contributed by atoms with van der Waals surface area (Å²) in [7, 11) is -3.67. The molecule has 2 aromatic carbocycles. The first-order valence-corrected chi connectivity index (χ1v) is 12.5. The summed E-state index contributed by atoms with van der Waals surface area (Å²) >= 11 is 0. The van der Waals surface area contributed by atoms with E-state index in [4.69, 9.17) is 4.55 Å². The summed E-state index contributed by atoms with van der Waals surface area (Å²) in [6, 6.07) is 14.0. The summed E-state index contributed by atoms with van der Waals surface area (Å²) in [5.74, 6) is 0. The molecule has 0 bridgehead atoms. The van der Waals surface area contributed by atoms with Gasteiger partial charge in [0, 0.05) is 30.9 Å². The monoisotopic (exact) mass is 494 g/mol. The van der Waals surface area contributed by atoms with Crippen molar-refractivity contribution in [3.05, 3.63) is 83.7 Å². The second-order valence-electron chi connectivity index (χ2n) is 7.91. The van der Waals surface area contributed by atoms with Gasteiger partial charge in [0.2, 0.25) is 0 Å². The third-order valence-corrected chi connectivity index (χ3v) is 5.10. The fourth-order valence-corrected chi connectivity index (χ4v) is 3.36. The quantitative estimate of drug-likeness (QED) is 0.452. The predicted octanol–water partition coefficient (Wildman–Crippen LogP) is 5.86. The van der Waals surface area contributed by atoms with Crippen LogP contribution in [0.25, 0.3) is 16.3 Å². The van der Waals surface area contributed by atoms with Gasteiger partial charge in [0.15, 0.2) is 0 Å². The fraction of sp³-hybridized carbons (Fsp3) is 0.320. The summed E-state index contributed by atoms with van der Waals surface area (Å²) in [5, 5.41) is 2.47. The van der Waals surface area contributed by atoms with Gasteiger partial charge in [0.1, 0.15) is 0 Å². The SMILES string of the molecule is CCN1CC=C(c2cccc(C(F)(F)F)c2)CC1.CS(=O)(=O)O.Cc1ccc2ccncc2c1. The summed E-state index contributed by atoms with van der Waals surface area (Å²) in [5.41, 5.74) is 2.43. The van der Waals surface area contributed by atoms with Crippen LogP contribution in [0.15, 0.2) is 67.0 Å². The largest absolute Gasteiger partial charge is 0.416 e. The van der Waals surface area contributed by atoms with Crippen molar-refractivity contribution < 1.29 is 26.1 Å². The average Bonchev–Trinajstić information content (AvgIpc) is 2.78. The van der Waals surface area contributed by atoms with Crippen LogP contribution >= 0.6 is 0 Å². The lowest BCUT2D eigenvalue weighted by atomic mass is 9.97. The Labute approximate surface area is 198 Å². The third kappa shape index (κ3) is 9.62. The zero-order chi connectivity index (χ0) is 25.4. The Balaban J connectivity index is 0.000000216. The van der Waals surface area contributed by atoms with Crippen LogP contribution in [0.1, 0.15) is 30.0 Å². The van der Waals surface area contributed by atoms with E-state index in [1.165, 1.54) is 28.5 Å². The van der Waals surface area contributed by atoms with E-state index < -0.39 is 21.9 Å². The minimum absolute atomic E-state index is 0.571. The lowest BCUT2D eigenvalue weighted by molar-refractivity contribution is -0.137. The Morgan fingerprint density at radius 2 is 1.79 bits per heavy atom. The molecule has 3 aromatic rings. The van der Waals surface area contributed by atoms with Crippen LogP contribution in [-0.4, -0.2) is 48.7 Å². The van der Waals surface area contributed by atoms with Crippen LogP contribution in [0.5, 0.6) is 0 Å². The van der Waals surface area contributed by atoms with Gasteiger partial charge < -0.3 is 0 Å². The topological polar surface area (TPSA) is 70.5 Å². The highest BCUT2D eigenvalue weighted by atomic mass is 32.2. The zero-order valence-electron chi connectivity index (χ0n) is 19.4. The van der Waals surface area contributed by atoms with Crippen LogP contribution in [0, 0.1) is 6.92 Å². The van der Waals surface area contributed by atoms with Crippen LogP contribution in [-0.2, 0) is 16.3 Å². The van der Waals surface area contributed by atoms with Gasteiger partial charge in [-0.25, -0.2) is 0 Å². The Kier molecular flexibility index (Phi) is 9.78. The minimum Gasteiger partial charge on any atom is -0.300 e. The molecule has 0 saturated carbocycles. The normalized spacial score (nSPS) is 14.4. The number of benzene rings is 2. The van der Waals surface area contributed by atoms with E-state index in [1.807, 2.05) is 24.5 Å². The molecule has 0 atom stereocenters. The molecule has 9 heteroatoms. The highest BCUT2D eigenvalue weighted by molar-refractivity contribution is 7.85. The number of likely N-dealkylation sites (N-methyl/N-ethyl adjacent to an activating group) is 1. The first-order chi connectivity index (χ1) is 15.9. The molecule has 0 aliphatic carbocycles. The first kappa shape index (κ1) is 27.5. The minimum atomic E-state index is -4.26. The number of fused-ring (bicyclic) bond motifs is 1. The van der Waals surface area contributed by atoms with Crippen LogP contribution in [0.2, 0.25) is 0 Å². The standard InChI is InChI=1S/C14H16F3N.C10H9N.CH4O3S/c1-2-18-8-6-11(7-9-18)12-4-3-5-13(10-12)14(15,16)17;1-8-2-3-9-4-5-11-7-10(9)6-8;1-5(2,3)4/h3-6,10H,2,7-9H2,1H3;2-7H,1H3;1H3,(H,2,3,4). The van der Waals surface area contributed by atoms with E-state index in [2.05, 4.69) is 41.9 Å². The van der Waals surface area contributed by atoms with Crippen molar-refractivity contribution in [2.75, 3.05) is 25.9 Å². The maximum atomic E-state index is 12.6. The number of rotatable bonds is 2. The van der Waals surface area contributed by atoms with Gasteiger partial charge in [-0.2, -0.15) is 21.6 Å². The van der Waals surface area contributed by atoms with Gasteiger partial charge in [-0.3, -0.25) is 14.4 Å². The van der Waals surface area contributed by atoms with Crippen LogP contribution in [0.3, 0.4) is 0 Å². The third-order valence-electron chi connectivity index (χ3n) is 5.10. The van der Waals surface area contributed by atoms with E-state index in [0.717, 1.165) is 37.7 Å². The number of aromatic nitrogens is 1. The lowest BCUT2D eigenvalue weighted by Gasteiger charge is -2.25. The Morgan fingerprint density at radius 3 is 2.38 bits per heavy atom. The molecule has 5 nitrogen and oxygen atoms in total.